The number of rotatable bonds is 6. The van der Waals surface area contributed by atoms with Crippen molar-refractivity contribution in [1.29, 1.82) is 0 Å². The lowest BCUT2D eigenvalue weighted by atomic mass is 10.1. The Kier molecular flexibility index (Phi) is 4.95. The van der Waals surface area contributed by atoms with E-state index in [1.54, 1.807) is 12.1 Å². The number of anilines is 1. The van der Waals surface area contributed by atoms with Gasteiger partial charge in [0.2, 0.25) is 10.0 Å². The average Bonchev–Trinajstić information content (AvgIpc) is 2.53. The molecule has 0 saturated heterocycles. The van der Waals surface area contributed by atoms with Gasteiger partial charge in [-0.25, -0.2) is 13.1 Å². The molecule has 0 saturated carbocycles. The van der Waals surface area contributed by atoms with E-state index in [9.17, 15) is 8.42 Å². The van der Waals surface area contributed by atoms with E-state index in [-0.39, 0.29) is 10.9 Å². The molecule has 2 rings (SSSR count). The molecule has 1 unspecified atom stereocenters. The minimum atomic E-state index is -3.56. The van der Waals surface area contributed by atoms with Crippen LogP contribution in [-0.2, 0) is 10.0 Å². The normalized spacial score (nSPS) is 12.9. The maximum atomic E-state index is 12.4. The molecule has 112 valence electrons. The molecule has 0 bridgehead atoms. The number of nitrogens with two attached hydrogens (primary N) is 1. The standard InChI is InChI=1S/C15H19N3O2S/c1-2-15(12-6-4-3-5-7-12)18-21(19,20)14-10-8-13(17-16)9-11-14/h3-11,15,17-18H,2,16H2,1H3. The fourth-order valence-electron chi connectivity index (χ4n) is 2.06. The van der Waals surface area contributed by atoms with Gasteiger partial charge < -0.3 is 5.43 Å². The van der Waals surface area contributed by atoms with Crippen molar-refractivity contribution in [3.8, 4) is 0 Å². The fraction of sp³-hybridized carbons (Fsp3) is 0.200. The molecule has 0 radical (unpaired) electrons. The quantitative estimate of drug-likeness (QED) is 0.565. The molecule has 0 fully saturated rings. The molecule has 6 heteroatoms. The second-order valence-corrected chi connectivity index (χ2v) is 6.38. The van der Waals surface area contributed by atoms with Crippen LogP contribution in [0, 0.1) is 0 Å². The smallest absolute Gasteiger partial charge is 0.241 e. The first-order valence-corrected chi connectivity index (χ1v) is 8.19. The molecule has 0 aliphatic heterocycles. The summed E-state index contributed by atoms with van der Waals surface area (Å²) in [6.07, 6.45) is 0.672. The molecule has 21 heavy (non-hydrogen) atoms. The van der Waals surface area contributed by atoms with Gasteiger partial charge in [-0.2, -0.15) is 0 Å². The monoisotopic (exact) mass is 305 g/mol. The highest BCUT2D eigenvalue weighted by Gasteiger charge is 2.19. The minimum absolute atomic E-state index is 0.218. The minimum Gasteiger partial charge on any atom is -0.324 e. The van der Waals surface area contributed by atoms with E-state index >= 15 is 0 Å². The number of benzene rings is 2. The first kappa shape index (κ1) is 15.5. The van der Waals surface area contributed by atoms with Crippen molar-refractivity contribution in [2.24, 2.45) is 5.84 Å². The van der Waals surface area contributed by atoms with Crippen molar-refractivity contribution in [3.05, 3.63) is 60.2 Å². The summed E-state index contributed by atoms with van der Waals surface area (Å²) in [4.78, 5) is 0.218. The number of sulfonamides is 1. The van der Waals surface area contributed by atoms with Crippen LogP contribution in [-0.4, -0.2) is 8.42 Å². The van der Waals surface area contributed by atoms with Gasteiger partial charge in [0.05, 0.1) is 4.90 Å². The maximum Gasteiger partial charge on any atom is 0.241 e. The lowest BCUT2D eigenvalue weighted by Gasteiger charge is -2.17. The summed E-state index contributed by atoms with van der Waals surface area (Å²) in [7, 11) is -3.56. The van der Waals surface area contributed by atoms with Gasteiger partial charge in [0.25, 0.3) is 0 Å². The van der Waals surface area contributed by atoms with Crippen LogP contribution in [0.4, 0.5) is 5.69 Å². The van der Waals surface area contributed by atoms with Crippen LogP contribution in [0.15, 0.2) is 59.5 Å². The highest BCUT2D eigenvalue weighted by molar-refractivity contribution is 7.89. The van der Waals surface area contributed by atoms with E-state index in [2.05, 4.69) is 10.1 Å². The van der Waals surface area contributed by atoms with Crippen molar-refractivity contribution >= 4 is 15.7 Å². The van der Waals surface area contributed by atoms with Gasteiger partial charge in [0.15, 0.2) is 0 Å². The molecule has 0 amide bonds. The average molecular weight is 305 g/mol. The van der Waals surface area contributed by atoms with E-state index in [0.29, 0.717) is 12.1 Å². The van der Waals surface area contributed by atoms with Crippen molar-refractivity contribution in [2.45, 2.75) is 24.3 Å². The summed E-state index contributed by atoms with van der Waals surface area (Å²) in [6.45, 7) is 1.95. The molecule has 0 aliphatic rings. The lowest BCUT2D eigenvalue weighted by Crippen LogP contribution is -2.28. The van der Waals surface area contributed by atoms with Crippen molar-refractivity contribution in [3.63, 3.8) is 0 Å². The van der Waals surface area contributed by atoms with Crippen molar-refractivity contribution in [2.75, 3.05) is 5.43 Å². The van der Waals surface area contributed by atoms with Crippen molar-refractivity contribution in [1.82, 2.24) is 4.72 Å². The Morgan fingerprint density at radius 2 is 1.67 bits per heavy atom. The summed E-state index contributed by atoms with van der Waals surface area (Å²) < 4.78 is 27.6. The second kappa shape index (κ2) is 6.71. The summed E-state index contributed by atoms with van der Waals surface area (Å²) >= 11 is 0. The lowest BCUT2D eigenvalue weighted by molar-refractivity contribution is 0.550. The van der Waals surface area contributed by atoms with Gasteiger partial charge in [0, 0.05) is 11.7 Å². The van der Waals surface area contributed by atoms with Gasteiger partial charge in [-0.1, -0.05) is 37.3 Å². The second-order valence-electron chi connectivity index (χ2n) is 4.66. The summed E-state index contributed by atoms with van der Waals surface area (Å²) in [5.74, 6) is 5.27. The van der Waals surface area contributed by atoms with Crippen LogP contribution < -0.4 is 16.0 Å². The third kappa shape index (κ3) is 3.81. The summed E-state index contributed by atoms with van der Waals surface area (Å²) in [5, 5.41) is 0. The van der Waals surface area contributed by atoms with E-state index in [4.69, 9.17) is 5.84 Å². The number of hydrogen-bond acceptors (Lipinski definition) is 4. The summed E-state index contributed by atoms with van der Waals surface area (Å²) in [5.41, 5.74) is 4.07. The van der Waals surface area contributed by atoms with Gasteiger partial charge in [0.1, 0.15) is 0 Å². The maximum absolute atomic E-state index is 12.4. The Hall–Kier alpha value is -1.89. The van der Waals surface area contributed by atoms with Crippen LogP contribution in [0.2, 0.25) is 0 Å². The molecule has 4 N–H and O–H groups in total. The van der Waals surface area contributed by atoms with Crippen LogP contribution in [0.25, 0.3) is 0 Å². The Balaban J connectivity index is 2.22. The van der Waals surface area contributed by atoms with Crippen LogP contribution >= 0.6 is 0 Å². The molecule has 1 atom stereocenters. The van der Waals surface area contributed by atoms with E-state index in [0.717, 1.165) is 5.56 Å². The molecular weight excluding hydrogens is 286 g/mol. The molecule has 0 heterocycles. The highest BCUT2D eigenvalue weighted by Crippen LogP contribution is 2.20. The van der Waals surface area contributed by atoms with Crippen molar-refractivity contribution < 1.29 is 8.42 Å². The summed E-state index contributed by atoms with van der Waals surface area (Å²) in [6, 6.07) is 15.6. The molecule has 2 aromatic rings. The Morgan fingerprint density at radius 3 is 2.19 bits per heavy atom. The van der Waals surface area contributed by atoms with E-state index < -0.39 is 10.0 Å². The first-order chi connectivity index (χ1) is 10.1. The number of hydrogen-bond donors (Lipinski definition) is 3. The number of nitrogen functional groups attached to an aromatic ring is 1. The topological polar surface area (TPSA) is 84.2 Å². The molecule has 0 aromatic heterocycles. The molecule has 5 nitrogen and oxygen atoms in total. The zero-order valence-corrected chi connectivity index (χ0v) is 12.6. The fourth-order valence-corrected chi connectivity index (χ4v) is 3.37. The van der Waals surface area contributed by atoms with Crippen LogP contribution in [0.3, 0.4) is 0 Å². The molecule has 0 aliphatic carbocycles. The zero-order chi connectivity index (χ0) is 15.3. The number of hydrazine groups is 1. The predicted molar refractivity (Wildman–Crippen MR) is 84.0 cm³/mol. The SMILES string of the molecule is CCC(NS(=O)(=O)c1ccc(NN)cc1)c1ccccc1. The Labute approximate surface area is 125 Å². The zero-order valence-electron chi connectivity index (χ0n) is 11.8. The van der Waals surface area contributed by atoms with Gasteiger partial charge in [-0.15, -0.1) is 0 Å². The first-order valence-electron chi connectivity index (χ1n) is 6.71. The van der Waals surface area contributed by atoms with Crippen LogP contribution in [0.1, 0.15) is 24.9 Å². The third-order valence-corrected chi connectivity index (χ3v) is 4.73. The van der Waals surface area contributed by atoms with Crippen LogP contribution in [0.5, 0.6) is 0 Å². The highest BCUT2D eigenvalue weighted by atomic mass is 32.2. The van der Waals surface area contributed by atoms with E-state index in [1.807, 2.05) is 37.3 Å². The Morgan fingerprint density at radius 1 is 1.05 bits per heavy atom. The number of nitrogens with one attached hydrogen (secondary N) is 2. The van der Waals surface area contributed by atoms with Gasteiger partial charge in [-0.05, 0) is 36.2 Å². The molecule has 2 aromatic carbocycles. The largest absolute Gasteiger partial charge is 0.324 e. The predicted octanol–water partition coefficient (Wildman–Crippen LogP) is 2.40. The van der Waals surface area contributed by atoms with Gasteiger partial charge >= 0.3 is 0 Å². The Bertz CT molecular complexity index is 670. The molecule has 0 spiro atoms. The molecular formula is C15H19N3O2S. The third-order valence-electron chi connectivity index (χ3n) is 3.24. The van der Waals surface area contributed by atoms with E-state index in [1.165, 1.54) is 12.1 Å². The van der Waals surface area contributed by atoms with Gasteiger partial charge in [-0.3, -0.25) is 5.84 Å².